The van der Waals surface area contributed by atoms with E-state index in [2.05, 4.69) is 10.3 Å². The molecule has 0 bridgehead atoms. The van der Waals surface area contributed by atoms with Gasteiger partial charge in [-0.3, -0.25) is 14.7 Å². The normalized spacial score (nSPS) is 18.5. The monoisotopic (exact) mass is 187 g/mol. The first-order valence-electron chi connectivity index (χ1n) is 4.56. The average Bonchev–Trinajstić information content (AvgIpc) is 2.21. The number of rotatable bonds is 5. The van der Waals surface area contributed by atoms with Crippen LogP contribution in [0.1, 0.15) is 0 Å². The van der Waals surface area contributed by atoms with Crippen LogP contribution in [-0.4, -0.2) is 62.8 Å². The van der Waals surface area contributed by atoms with Crippen LogP contribution >= 0.6 is 0 Å². The lowest BCUT2D eigenvalue weighted by Gasteiger charge is -2.28. The molecule has 0 aliphatic carbocycles. The Morgan fingerprint density at radius 2 is 2.23 bits per heavy atom. The van der Waals surface area contributed by atoms with Gasteiger partial charge in [0.05, 0.1) is 13.2 Å². The summed E-state index contributed by atoms with van der Waals surface area (Å²) in [5.74, 6) is 0. The number of nitrogens with zero attached hydrogens (tertiary/aromatic N) is 2. The van der Waals surface area contributed by atoms with Crippen molar-refractivity contribution in [1.82, 2.24) is 15.3 Å². The summed E-state index contributed by atoms with van der Waals surface area (Å²) in [7, 11) is 1.74. The first-order valence-corrected chi connectivity index (χ1v) is 4.56. The number of hydrogen-bond acceptors (Lipinski definition) is 4. The van der Waals surface area contributed by atoms with Crippen molar-refractivity contribution in [1.29, 1.82) is 0 Å². The van der Waals surface area contributed by atoms with Gasteiger partial charge in [0, 0.05) is 33.2 Å². The largest absolute Gasteiger partial charge is 0.379 e. The Bertz CT molecular complexity index is 148. The number of carbonyl (C=O) groups excluding carboxylic acids is 1. The molecule has 13 heavy (non-hydrogen) atoms. The Balaban J connectivity index is 2.12. The van der Waals surface area contributed by atoms with E-state index >= 15 is 0 Å². The molecule has 0 aromatic carbocycles. The highest BCUT2D eigenvalue weighted by molar-refractivity contribution is 5.45. The zero-order chi connectivity index (χ0) is 9.52. The van der Waals surface area contributed by atoms with Crippen LogP contribution in [0.25, 0.3) is 0 Å². The van der Waals surface area contributed by atoms with Crippen molar-refractivity contribution in [2.24, 2.45) is 0 Å². The Labute approximate surface area is 78.6 Å². The van der Waals surface area contributed by atoms with Crippen LogP contribution in [0.5, 0.6) is 0 Å². The molecule has 1 saturated heterocycles. The zero-order valence-corrected chi connectivity index (χ0v) is 8.03. The maximum Gasteiger partial charge on any atom is 0.223 e. The third-order valence-electron chi connectivity index (χ3n) is 2.18. The third-order valence-corrected chi connectivity index (χ3v) is 2.18. The van der Waals surface area contributed by atoms with Gasteiger partial charge in [-0.1, -0.05) is 0 Å². The van der Waals surface area contributed by atoms with E-state index in [1.54, 1.807) is 7.05 Å². The Morgan fingerprint density at radius 3 is 2.77 bits per heavy atom. The molecule has 1 heterocycles. The van der Waals surface area contributed by atoms with Gasteiger partial charge in [-0.15, -0.1) is 0 Å². The number of morpholine rings is 1. The summed E-state index contributed by atoms with van der Waals surface area (Å²) in [6.07, 6.45) is 0.806. The topological polar surface area (TPSA) is 44.8 Å². The van der Waals surface area contributed by atoms with Gasteiger partial charge >= 0.3 is 0 Å². The molecule has 0 unspecified atom stereocenters. The van der Waals surface area contributed by atoms with Gasteiger partial charge in [-0.25, -0.2) is 5.43 Å². The third kappa shape index (κ3) is 3.71. The lowest BCUT2D eigenvalue weighted by molar-refractivity contribution is -0.120. The maximum absolute atomic E-state index is 10.4. The van der Waals surface area contributed by atoms with Crippen LogP contribution in [0.15, 0.2) is 0 Å². The summed E-state index contributed by atoms with van der Waals surface area (Å²) < 4.78 is 5.22. The van der Waals surface area contributed by atoms with Crippen molar-refractivity contribution in [3.8, 4) is 0 Å². The standard InChI is InChI=1S/C8H17N3O2/c1-9-11(8-12)3-2-10-4-6-13-7-5-10/h8-9H,2-7H2,1H3. The summed E-state index contributed by atoms with van der Waals surface area (Å²) in [4.78, 5) is 12.7. The smallest absolute Gasteiger partial charge is 0.223 e. The van der Waals surface area contributed by atoms with Crippen LogP contribution in [0.3, 0.4) is 0 Å². The van der Waals surface area contributed by atoms with Crippen LogP contribution in [0.4, 0.5) is 0 Å². The van der Waals surface area contributed by atoms with Crippen LogP contribution < -0.4 is 5.43 Å². The van der Waals surface area contributed by atoms with Gasteiger partial charge in [0.25, 0.3) is 0 Å². The molecule has 5 heteroatoms. The molecule has 1 N–H and O–H groups in total. The molecule has 0 saturated carbocycles. The average molecular weight is 187 g/mol. The van der Waals surface area contributed by atoms with Crippen molar-refractivity contribution in [2.75, 3.05) is 46.4 Å². The molecule has 1 aliphatic rings. The Hall–Kier alpha value is -0.650. The predicted molar refractivity (Wildman–Crippen MR) is 49.1 cm³/mol. The Morgan fingerprint density at radius 1 is 1.54 bits per heavy atom. The molecule has 0 radical (unpaired) electrons. The fraction of sp³-hybridized carbons (Fsp3) is 0.875. The van der Waals surface area contributed by atoms with Gasteiger partial charge in [-0.2, -0.15) is 0 Å². The number of amides is 1. The van der Waals surface area contributed by atoms with E-state index in [4.69, 9.17) is 4.74 Å². The Kier molecular flexibility index (Phi) is 4.74. The highest BCUT2D eigenvalue weighted by Crippen LogP contribution is 1.95. The lowest BCUT2D eigenvalue weighted by Crippen LogP contribution is -2.44. The lowest BCUT2D eigenvalue weighted by atomic mass is 10.4. The summed E-state index contributed by atoms with van der Waals surface area (Å²) in [5, 5.41) is 1.54. The molecule has 0 spiro atoms. The minimum atomic E-state index is 0.722. The molecule has 1 amide bonds. The highest BCUT2D eigenvalue weighted by atomic mass is 16.5. The molecule has 1 fully saturated rings. The summed E-state index contributed by atoms with van der Waals surface area (Å²) >= 11 is 0. The molecule has 76 valence electrons. The zero-order valence-electron chi connectivity index (χ0n) is 8.03. The van der Waals surface area contributed by atoms with Crippen molar-refractivity contribution in [3.63, 3.8) is 0 Å². The van der Waals surface area contributed by atoms with E-state index in [0.29, 0.717) is 0 Å². The second-order valence-corrected chi connectivity index (χ2v) is 2.98. The van der Waals surface area contributed by atoms with E-state index in [-0.39, 0.29) is 0 Å². The molecule has 0 atom stereocenters. The first-order chi connectivity index (χ1) is 6.36. The molecular weight excluding hydrogens is 170 g/mol. The second kappa shape index (κ2) is 5.90. The molecular formula is C8H17N3O2. The number of hydrazine groups is 1. The summed E-state index contributed by atoms with van der Waals surface area (Å²) in [6, 6.07) is 0. The molecule has 1 aliphatic heterocycles. The molecule has 5 nitrogen and oxygen atoms in total. The van der Waals surface area contributed by atoms with Gasteiger partial charge in [-0.05, 0) is 0 Å². The van der Waals surface area contributed by atoms with Crippen LogP contribution in [-0.2, 0) is 9.53 Å². The molecule has 0 aromatic heterocycles. The van der Waals surface area contributed by atoms with E-state index in [0.717, 1.165) is 45.8 Å². The number of nitrogens with one attached hydrogen (secondary N) is 1. The van der Waals surface area contributed by atoms with Gasteiger partial charge < -0.3 is 4.74 Å². The fourth-order valence-corrected chi connectivity index (χ4v) is 1.29. The summed E-state index contributed by atoms with van der Waals surface area (Å²) in [5.41, 5.74) is 2.80. The quantitative estimate of drug-likeness (QED) is 0.439. The van der Waals surface area contributed by atoms with Gasteiger partial charge in [0.2, 0.25) is 6.41 Å². The molecule has 0 aromatic rings. The highest BCUT2D eigenvalue weighted by Gasteiger charge is 2.10. The van der Waals surface area contributed by atoms with Crippen LogP contribution in [0, 0.1) is 0 Å². The molecule has 1 rings (SSSR count). The number of carbonyl (C=O) groups is 1. The second-order valence-electron chi connectivity index (χ2n) is 2.98. The van der Waals surface area contributed by atoms with Crippen LogP contribution in [0.2, 0.25) is 0 Å². The number of ether oxygens (including phenoxy) is 1. The summed E-state index contributed by atoms with van der Waals surface area (Å²) in [6.45, 7) is 5.18. The van der Waals surface area contributed by atoms with E-state index in [1.807, 2.05) is 0 Å². The van der Waals surface area contributed by atoms with Crippen molar-refractivity contribution in [3.05, 3.63) is 0 Å². The van der Waals surface area contributed by atoms with Gasteiger partial charge in [0.15, 0.2) is 0 Å². The van der Waals surface area contributed by atoms with Crippen molar-refractivity contribution < 1.29 is 9.53 Å². The SMILES string of the molecule is CNN(C=O)CCN1CCOCC1. The van der Waals surface area contributed by atoms with E-state index < -0.39 is 0 Å². The number of hydrogen-bond donors (Lipinski definition) is 1. The van der Waals surface area contributed by atoms with Crippen molar-refractivity contribution in [2.45, 2.75) is 0 Å². The van der Waals surface area contributed by atoms with Crippen molar-refractivity contribution >= 4 is 6.41 Å². The minimum absolute atomic E-state index is 0.722. The van der Waals surface area contributed by atoms with Gasteiger partial charge in [0.1, 0.15) is 0 Å². The predicted octanol–water partition coefficient (Wildman–Crippen LogP) is -1.09. The maximum atomic E-state index is 10.4. The fourth-order valence-electron chi connectivity index (χ4n) is 1.29. The first kappa shape index (κ1) is 10.4. The van der Waals surface area contributed by atoms with E-state index in [1.165, 1.54) is 5.01 Å². The van der Waals surface area contributed by atoms with E-state index in [9.17, 15) is 4.79 Å². The minimum Gasteiger partial charge on any atom is -0.379 e.